The van der Waals surface area contributed by atoms with E-state index >= 15 is 0 Å². The molecular weight excluding hydrogens is 257 g/mol. The lowest BCUT2D eigenvalue weighted by atomic mass is 10.2. The predicted molar refractivity (Wildman–Crippen MR) is 64.5 cm³/mol. The molecular formula is C12H13F3N4. The summed E-state index contributed by atoms with van der Waals surface area (Å²) in [4.78, 5) is 0. The number of anilines is 1. The summed E-state index contributed by atoms with van der Waals surface area (Å²) in [7, 11) is 1.83. The minimum atomic E-state index is -4.31. The lowest BCUT2D eigenvalue weighted by Crippen LogP contribution is -2.08. The molecule has 2 aromatic rings. The molecule has 0 fully saturated rings. The molecule has 1 aromatic heterocycles. The highest BCUT2D eigenvalue weighted by atomic mass is 19.4. The Hall–Kier alpha value is -2.05. The molecule has 7 heteroatoms. The molecule has 0 radical (unpaired) electrons. The molecule has 0 aliphatic rings. The monoisotopic (exact) mass is 270 g/mol. The molecule has 19 heavy (non-hydrogen) atoms. The quantitative estimate of drug-likeness (QED) is 0.932. The van der Waals surface area contributed by atoms with E-state index in [9.17, 15) is 13.2 Å². The first-order chi connectivity index (χ1) is 8.88. The predicted octanol–water partition coefficient (Wildman–Crippen LogP) is 2.75. The summed E-state index contributed by atoms with van der Waals surface area (Å²) in [6, 6.07) is 4.88. The Labute approximate surface area is 108 Å². The SMILES string of the molecule is Cc1nnc(CNc2ccc(C(F)(F)F)cc2)n1C. The van der Waals surface area contributed by atoms with Crippen molar-refractivity contribution in [3.63, 3.8) is 0 Å². The van der Waals surface area contributed by atoms with Gasteiger partial charge in [-0.3, -0.25) is 0 Å². The first-order valence-electron chi connectivity index (χ1n) is 5.64. The highest BCUT2D eigenvalue weighted by Crippen LogP contribution is 2.29. The highest BCUT2D eigenvalue weighted by molar-refractivity contribution is 5.45. The van der Waals surface area contributed by atoms with Gasteiger partial charge in [0.25, 0.3) is 0 Å². The number of nitrogens with one attached hydrogen (secondary N) is 1. The van der Waals surface area contributed by atoms with Gasteiger partial charge in [0.2, 0.25) is 0 Å². The van der Waals surface area contributed by atoms with Gasteiger partial charge in [0.15, 0.2) is 5.82 Å². The van der Waals surface area contributed by atoms with Gasteiger partial charge >= 0.3 is 6.18 Å². The fourth-order valence-corrected chi connectivity index (χ4v) is 1.56. The Balaban J connectivity index is 2.03. The minimum absolute atomic E-state index is 0.405. The second-order valence-electron chi connectivity index (χ2n) is 4.15. The van der Waals surface area contributed by atoms with E-state index in [0.29, 0.717) is 12.2 Å². The molecule has 2 rings (SSSR count). The van der Waals surface area contributed by atoms with Gasteiger partial charge in [-0.2, -0.15) is 13.2 Å². The van der Waals surface area contributed by atoms with Crippen molar-refractivity contribution in [3.8, 4) is 0 Å². The van der Waals surface area contributed by atoms with Crippen molar-refractivity contribution in [2.75, 3.05) is 5.32 Å². The Bertz CT molecular complexity index is 557. The van der Waals surface area contributed by atoms with Crippen molar-refractivity contribution in [1.82, 2.24) is 14.8 Å². The minimum Gasteiger partial charge on any atom is -0.378 e. The molecule has 1 N–H and O–H groups in total. The average molecular weight is 270 g/mol. The van der Waals surface area contributed by atoms with Crippen LogP contribution < -0.4 is 5.32 Å². The fraction of sp³-hybridized carbons (Fsp3) is 0.333. The summed E-state index contributed by atoms with van der Waals surface area (Å²) >= 11 is 0. The van der Waals surface area contributed by atoms with Gasteiger partial charge in [-0.25, -0.2) is 0 Å². The van der Waals surface area contributed by atoms with Crippen LogP contribution in [0.3, 0.4) is 0 Å². The smallest absolute Gasteiger partial charge is 0.378 e. The van der Waals surface area contributed by atoms with E-state index < -0.39 is 11.7 Å². The number of aryl methyl sites for hydroxylation is 1. The molecule has 1 aromatic carbocycles. The first-order valence-corrected chi connectivity index (χ1v) is 5.64. The number of halogens is 3. The Morgan fingerprint density at radius 2 is 1.79 bits per heavy atom. The summed E-state index contributed by atoms with van der Waals surface area (Å²) in [5.41, 5.74) is -0.0544. The average Bonchev–Trinajstić information content (AvgIpc) is 2.67. The zero-order valence-corrected chi connectivity index (χ0v) is 10.5. The molecule has 0 spiro atoms. The van der Waals surface area contributed by atoms with Crippen LogP contribution in [0.1, 0.15) is 17.2 Å². The highest BCUT2D eigenvalue weighted by Gasteiger charge is 2.29. The standard InChI is InChI=1S/C12H13F3N4/c1-8-17-18-11(19(8)2)7-16-10-5-3-9(4-6-10)12(13,14)15/h3-6,16H,7H2,1-2H3. The van der Waals surface area contributed by atoms with Gasteiger partial charge in [-0.05, 0) is 31.2 Å². The van der Waals surface area contributed by atoms with Gasteiger partial charge in [0, 0.05) is 12.7 Å². The van der Waals surface area contributed by atoms with Crippen LogP contribution in [0.5, 0.6) is 0 Å². The van der Waals surface area contributed by atoms with Crippen molar-refractivity contribution in [2.45, 2.75) is 19.6 Å². The zero-order chi connectivity index (χ0) is 14.0. The van der Waals surface area contributed by atoms with Crippen LogP contribution in [-0.2, 0) is 19.8 Å². The third kappa shape index (κ3) is 3.04. The van der Waals surface area contributed by atoms with E-state index in [-0.39, 0.29) is 0 Å². The molecule has 0 saturated carbocycles. The molecule has 1 heterocycles. The normalized spacial score (nSPS) is 11.6. The van der Waals surface area contributed by atoms with E-state index in [4.69, 9.17) is 0 Å². The number of rotatable bonds is 3. The van der Waals surface area contributed by atoms with Crippen molar-refractivity contribution < 1.29 is 13.2 Å². The first kappa shape index (κ1) is 13.4. The summed E-state index contributed by atoms with van der Waals surface area (Å²) in [5, 5.41) is 10.9. The van der Waals surface area contributed by atoms with E-state index in [1.807, 2.05) is 18.5 Å². The van der Waals surface area contributed by atoms with Crippen LogP contribution >= 0.6 is 0 Å². The number of nitrogens with zero attached hydrogens (tertiary/aromatic N) is 3. The molecule has 102 valence electrons. The Kier molecular flexibility index (Phi) is 3.46. The molecule has 4 nitrogen and oxygen atoms in total. The molecule has 0 amide bonds. The molecule has 0 aliphatic carbocycles. The lowest BCUT2D eigenvalue weighted by molar-refractivity contribution is -0.137. The van der Waals surface area contributed by atoms with Gasteiger partial charge in [-0.1, -0.05) is 0 Å². The van der Waals surface area contributed by atoms with Gasteiger partial charge < -0.3 is 9.88 Å². The van der Waals surface area contributed by atoms with Crippen LogP contribution in [0, 0.1) is 6.92 Å². The summed E-state index contributed by atoms with van der Waals surface area (Å²) < 4.78 is 39.0. The van der Waals surface area contributed by atoms with Crippen LogP contribution in [0.25, 0.3) is 0 Å². The van der Waals surface area contributed by atoms with Gasteiger partial charge in [-0.15, -0.1) is 10.2 Å². The maximum Gasteiger partial charge on any atom is 0.416 e. The van der Waals surface area contributed by atoms with Gasteiger partial charge in [0.05, 0.1) is 12.1 Å². The van der Waals surface area contributed by atoms with E-state index in [2.05, 4.69) is 15.5 Å². The molecule has 0 atom stereocenters. The van der Waals surface area contributed by atoms with E-state index in [1.165, 1.54) is 12.1 Å². The van der Waals surface area contributed by atoms with Crippen molar-refractivity contribution in [1.29, 1.82) is 0 Å². The Morgan fingerprint density at radius 3 is 2.26 bits per heavy atom. The fourth-order valence-electron chi connectivity index (χ4n) is 1.56. The summed E-state index contributed by atoms with van der Waals surface area (Å²) in [6.07, 6.45) is -4.31. The third-order valence-corrected chi connectivity index (χ3v) is 2.85. The molecule has 0 saturated heterocycles. The number of benzene rings is 1. The van der Waals surface area contributed by atoms with Crippen LogP contribution in [0.15, 0.2) is 24.3 Å². The molecule has 0 bridgehead atoms. The summed E-state index contributed by atoms with van der Waals surface area (Å²) in [6.45, 7) is 2.23. The lowest BCUT2D eigenvalue weighted by Gasteiger charge is -2.09. The molecule has 0 unspecified atom stereocenters. The zero-order valence-electron chi connectivity index (χ0n) is 10.5. The number of hydrogen-bond acceptors (Lipinski definition) is 3. The van der Waals surface area contributed by atoms with Crippen LogP contribution in [0.4, 0.5) is 18.9 Å². The number of hydrogen-bond donors (Lipinski definition) is 1. The third-order valence-electron chi connectivity index (χ3n) is 2.85. The van der Waals surface area contributed by atoms with Crippen molar-refractivity contribution >= 4 is 5.69 Å². The van der Waals surface area contributed by atoms with Crippen LogP contribution in [0.2, 0.25) is 0 Å². The van der Waals surface area contributed by atoms with Crippen LogP contribution in [-0.4, -0.2) is 14.8 Å². The number of aromatic nitrogens is 3. The number of alkyl halides is 3. The second kappa shape index (κ2) is 4.91. The van der Waals surface area contributed by atoms with E-state index in [0.717, 1.165) is 23.8 Å². The maximum absolute atomic E-state index is 12.4. The Morgan fingerprint density at radius 1 is 1.16 bits per heavy atom. The van der Waals surface area contributed by atoms with E-state index in [1.54, 1.807) is 0 Å². The van der Waals surface area contributed by atoms with Crippen molar-refractivity contribution in [3.05, 3.63) is 41.5 Å². The summed E-state index contributed by atoms with van der Waals surface area (Å²) in [5.74, 6) is 1.50. The van der Waals surface area contributed by atoms with Gasteiger partial charge in [0.1, 0.15) is 5.82 Å². The van der Waals surface area contributed by atoms with Crippen molar-refractivity contribution in [2.24, 2.45) is 7.05 Å². The largest absolute Gasteiger partial charge is 0.416 e. The topological polar surface area (TPSA) is 42.7 Å². The molecule has 0 aliphatic heterocycles. The maximum atomic E-state index is 12.4. The second-order valence-corrected chi connectivity index (χ2v) is 4.15.